The summed E-state index contributed by atoms with van der Waals surface area (Å²) in [4.78, 5) is 10.1. The molecule has 108 valence electrons. The molecule has 21 heavy (non-hydrogen) atoms. The fourth-order valence-corrected chi connectivity index (χ4v) is 3.05. The van der Waals surface area contributed by atoms with Gasteiger partial charge in [0.1, 0.15) is 11.9 Å². The molecule has 0 radical (unpaired) electrons. The molecule has 5 heteroatoms. The molecule has 0 saturated carbocycles. The maximum Gasteiger partial charge on any atom is 0.131 e. The Labute approximate surface area is 128 Å². The average Bonchev–Trinajstić information content (AvgIpc) is 3.14. The molecule has 4 nitrogen and oxygen atoms in total. The van der Waals surface area contributed by atoms with Gasteiger partial charge in [-0.2, -0.15) is 0 Å². The van der Waals surface area contributed by atoms with Gasteiger partial charge < -0.3 is 4.57 Å². The maximum absolute atomic E-state index is 4.49. The van der Waals surface area contributed by atoms with Gasteiger partial charge in [-0.25, -0.2) is 4.98 Å². The molecule has 3 rings (SSSR count). The Bertz CT molecular complexity index is 685. The van der Waals surface area contributed by atoms with Crippen molar-refractivity contribution in [3.8, 4) is 0 Å². The standard InChI is InChI=1S/C16H18N4S/c1-12-5-6-13(10-18-12)11-19-15(14-4-3-9-21-14)16-17-7-8-20(16)2/h3-10,15,19H,11H2,1-2H3. The molecule has 0 fully saturated rings. The van der Waals surface area contributed by atoms with Crippen LogP contribution in [0.1, 0.15) is 28.0 Å². The van der Waals surface area contributed by atoms with Crippen molar-refractivity contribution in [2.75, 3.05) is 0 Å². The van der Waals surface area contributed by atoms with E-state index in [1.54, 1.807) is 11.3 Å². The minimum atomic E-state index is 0.103. The van der Waals surface area contributed by atoms with Crippen LogP contribution in [0, 0.1) is 6.92 Å². The van der Waals surface area contributed by atoms with E-state index >= 15 is 0 Å². The Morgan fingerprint density at radius 2 is 2.19 bits per heavy atom. The molecule has 3 aromatic heterocycles. The summed E-state index contributed by atoms with van der Waals surface area (Å²) in [6, 6.07) is 8.47. The average molecular weight is 298 g/mol. The summed E-state index contributed by atoms with van der Waals surface area (Å²) in [5, 5.41) is 5.69. The molecular weight excluding hydrogens is 280 g/mol. The summed E-state index contributed by atoms with van der Waals surface area (Å²) in [6.45, 7) is 2.77. The van der Waals surface area contributed by atoms with Crippen LogP contribution in [0.4, 0.5) is 0 Å². The highest BCUT2D eigenvalue weighted by Gasteiger charge is 2.18. The van der Waals surface area contributed by atoms with Crippen molar-refractivity contribution in [1.29, 1.82) is 0 Å². The van der Waals surface area contributed by atoms with Gasteiger partial charge in [0.25, 0.3) is 0 Å². The number of hydrogen-bond acceptors (Lipinski definition) is 4. The third kappa shape index (κ3) is 3.20. The van der Waals surface area contributed by atoms with E-state index in [2.05, 4.69) is 43.4 Å². The fourth-order valence-electron chi connectivity index (χ4n) is 2.25. The van der Waals surface area contributed by atoms with E-state index < -0.39 is 0 Å². The first-order valence-corrected chi connectivity index (χ1v) is 7.77. The van der Waals surface area contributed by atoms with Crippen molar-refractivity contribution in [2.24, 2.45) is 7.05 Å². The number of imidazole rings is 1. The van der Waals surface area contributed by atoms with Gasteiger partial charge in [0.15, 0.2) is 0 Å². The molecule has 1 unspecified atom stereocenters. The molecule has 0 aliphatic heterocycles. The highest BCUT2D eigenvalue weighted by atomic mass is 32.1. The van der Waals surface area contributed by atoms with E-state index in [1.807, 2.05) is 38.6 Å². The van der Waals surface area contributed by atoms with Crippen molar-refractivity contribution < 1.29 is 0 Å². The van der Waals surface area contributed by atoms with Crippen LogP contribution in [0.2, 0.25) is 0 Å². The zero-order chi connectivity index (χ0) is 14.7. The van der Waals surface area contributed by atoms with Crippen LogP contribution >= 0.6 is 11.3 Å². The molecule has 3 aromatic rings. The van der Waals surface area contributed by atoms with E-state index in [-0.39, 0.29) is 6.04 Å². The number of rotatable bonds is 5. The van der Waals surface area contributed by atoms with Gasteiger partial charge in [-0.1, -0.05) is 12.1 Å². The Morgan fingerprint density at radius 3 is 2.81 bits per heavy atom. The first-order chi connectivity index (χ1) is 10.2. The summed E-state index contributed by atoms with van der Waals surface area (Å²) in [5.74, 6) is 1.03. The molecule has 0 aliphatic rings. The Kier molecular flexibility index (Phi) is 4.13. The van der Waals surface area contributed by atoms with Gasteiger partial charge in [0.05, 0.1) is 0 Å². The zero-order valence-electron chi connectivity index (χ0n) is 12.2. The molecule has 0 aliphatic carbocycles. The van der Waals surface area contributed by atoms with Crippen molar-refractivity contribution in [3.63, 3.8) is 0 Å². The Hall–Kier alpha value is -1.98. The number of thiophene rings is 1. The predicted octanol–water partition coefficient (Wildman–Crippen LogP) is 3.06. The largest absolute Gasteiger partial charge is 0.336 e. The maximum atomic E-state index is 4.49. The zero-order valence-corrected chi connectivity index (χ0v) is 13.0. The molecule has 0 spiro atoms. The number of nitrogens with one attached hydrogen (secondary N) is 1. The quantitative estimate of drug-likeness (QED) is 0.787. The third-order valence-electron chi connectivity index (χ3n) is 3.43. The van der Waals surface area contributed by atoms with Crippen LogP contribution in [-0.2, 0) is 13.6 Å². The second-order valence-corrected chi connectivity index (χ2v) is 6.01. The normalized spacial score (nSPS) is 12.5. The van der Waals surface area contributed by atoms with Crippen molar-refractivity contribution in [1.82, 2.24) is 19.9 Å². The third-order valence-corrected chi connectivity index (χ3v) is 4.36. The first kappa shape index (κ1) is 14.0. The summed E-state index contributed by atoms with van der Waals surface area (Å²) >= 11 is 1.74. The van der Waals surface area contributed by atoms with Gasteiger partial charge in [-0.05, 0) is 30.0 Å². The van der Waals surface area contributed by atoms with Crippen molar-refractivity contribution >= 4 is 11.3 Å². The lowest BCUT2D eigenvalue weighted by Gasteiger charge is -2.17. The highest BCUT2D eigenvalue weighted by molar-refractivity contribution is 7.10. The summed E-state index contributed by atoms with van der Waals surface area (Å²) in [6.07, 6.45) is 5.74. The Balaban J connectivity index is 1.80. The molecule has 1 N–H and O–H groups in total. The number of aromatic nitrogens is 3. The monoisotopic (exact) mass is 298 g/mol. The Morgan fingerprint density at radius 1 is 1.29 bits per heavy atom. The van der Waals surface area contributed by atoms with Crippen molar-refractivity contribution in [2.45, 2.75) is 19.5 Å². The lowest BCUT2D eigenvalue weighted by atomic mass is 10.2. The van der Waals surface area contributed by atoms with E-state index in [0.29, 0.717) is 0 Å². The van der Waals surface area contributed by atoms with Crippen LogP contribution in [0.25, 0.3) is 0 Å². The number of hydrogen-bond donors (Lipinski definition) is 1. The lowest BCUT2D eigenvalue weighted by Crippen LogP contribution is -2.24. The molecular formula is C16H18N4S. The van der Waals surface area contributed by atoms with Crippen molar-refractivity contribution in [3.05, 3.63) is 70.2 Å². The second-order valence-electron chi connectivity index (χ2n) is 5.03. The van der Waals surface area contributed by atoms with Gasteiger partial charge >= 0.3 is 0 Å². The summed E-state index contributed by atoms with van der Waals surface area (Å²) in [5.41, 5.74) is 2.22. The van der Waals surface area contributed by atoms with E-state index in [9.17, 15) is 0 Å². The predicted molar refractivity (Wildman–Crippen MR) is 85.2 cm³/mol. The molecule has 0 saturated heterocycles. The van der Waals surface area contributed by atoms with Crippen LogP contribution in [0.15, 0.2) is 48.2 Å². The summed E-state index contributed by atoms with van der Waals surface area (Å²) < 4.78 is 2.06. The van der Waals surface area contributed by atoms with Crippen LogP contribution < -0.4 is 5.32 Å². The molecule has 1 atom stereocenters. The van der Waals surface area contributed by atoms with Gasteiger partial charge in [-0.3, -0.25) is 10.3 Å². The van der Waals surface area contributed by atoms with Gasteiger partial charge in [0, 0.05) is 42.8 Å². The molecule has 3 heterocycles. The number of nitrogens with zero attached hydrogens (tertiary/aromatic N) is 3. The second kappa shape index (κ2) is 6.20. The fraction of sp³-hybridized carbons (Fsp3) is 0.250. The van der Waals surface area contributed by atoms with E-state index in [1.165, 1.54) is 10.4 Å². The molecule has 0 bridgehead atoms. The minimum absolute atomic E-state index is 0.103. The van der Waals surface area contributed by atoms with Gasteiger partial charge in [0.2, 0.25) is 0 Å². The van der Waals surface area contributed by atoms with E-state index in [0.717, 1.165) is 18.1 Å². The first-order valence-electron chi connectivity index (χ1n) is 6.89. The lowest BCUT2D eigenvalue weighted by molar-refractivity contribution is 0.564. The summed E-state index contributed by atoms with van der Waals surface area (Å²) in [7, 11) is 2.03. The van der Waals surface area contributed by atoms with E-state index in [4.69, 9.17) is 0 Å². The van der Waals surface area contributed by atoms with Crippen LogP contribution in [-0.4, -0.2) is 14.5 Å². The smallest absolute Gasteiger partial charge is 0.131 e. The van der Waals surface area contributed by atoms with Gasteiger partial charge in [-0.15, -0.1) is 11.3 Å². The number of pyridine rings is 1. The highest BCUT2D eigenvalue weighted by Crippen LogP contribution is 2.25. The molecule has 0 amide bonds. The minimum Gasteiger partial charge on any atom is -0.336 e. The van der Waals surface area contributed by atoms with Crippen LogP contribution in [0.5, 0.6) is 0 Å². The SMILES string of the molecule is Cc1ccc(CNC(c2cccs2)c2nccn2C)cn1. The van der Waals surface area contributed by atoms with Crippen LogP contribution in [0.3, 0.4) is 0 Å². The topological polar surface area (TPSA) is 42.7 Å². The number of aryl methyl sites for hydroxylation is 2. The molecule has 0 aromatic carbocycles.